The molecule has 7 nitrogen and oxygen atoms in total. The Bertz CT molecular complexity index is 971. The van der Waals surface area contributed by atoms with E-state index in [1.54, 1.807) is 24.3 Å². The van der Waals surface area contributed by atoms with Gasteiger partial charge in [-0.2, -0.15) is 0 Å². The largest absolute Gasteiger partial charge is 0.489 e. The fourth-order valence-corrected chi connectivity index (χ4v) is 4.16. The van der Waals surface area contributed by atoms with Crippen molar-refractivity contribution in [1.29, 1.82) is 0 Å². The highest BCUT2D eigenvalue weighted by Crippen LogP contribution is 2.33. The molecular weight excluding hydrogens is 446 g/mol. The Morgan fingerprint density at radius 3 is 2.48 bits per heavy atom. The van der Waals surface area contributed by atoms with Gasteiger partial charge >= 0.3 is 5.97 Å². The van der Waals surface area contributed by atoms with Crippen LogP contribution < -0.4 is 14.8 Å². The Morgan fingerprint density at radius 2 is 1.82 bits per heavy atom. The van der Waals surface area contributed by atoms with Crippen LogP contribution in [0.3, 0.4) is 0 Å². The summed E-state index contributed by atoms with van der Waals surface area (Å²) in [6.07, 6.45) is 2.89. The maximum Gasteiger partial charge on any atom is 0.329 e. The number of carboxylic acid groups (broad SMARTS) is 1. The van der Waals surface area contributed by atoms with Gasteiger partial charge in [-0.3, -0.25) is 4.79 Å². The summed E-state index contributed by atoms with van der Waals surface area (Å²) < 4.78 is 11.4. The SMILES string of the molecule is CC1CCC(NC(=O)c2ccc(OCCO)c(OCCc3cccc(Cl)c3)c2)(C(=O)O)CC1. The van der Waals surface area contributed by atoms with Crippen LogP contribution in [0.1, 0.15) is 48.5 Å². The van der Waals surface area contributed by atoms with Crippen LogP contribution >= 0.6 is 11.6 Å². The molecule has 0 aromatic heterocycles. The molecule has 0 unspecified atom stereocenters. The first kappa shape index (κ1) is 24.9. The first-order chi connectivity index (χ1) is 15.8. The molecule has 0 bridgehead atoms. The van der Waals surface area contributed by atoms with E-state index in [4.69, 9.17) is 26.2 Å². The third-order valence-corrected chi connectivity index (χ3v) is 6.22. The minimum Gasteiger partial charge on any atom is -0.489 e. The zero-order valence-electron chi connectivity index (χ0n) is 18.7. The van der Waals surface area contributed by atoms with Crippen molar-refractivity contribution in [2.24, 2.45) is 5.92 Å². The summed E-state index contributed by atoms with van der Waals surface area (Å²) in [6.45, 7) is 2.32. The van der Waals surface area contributed by atoms with Gasteiger partial charge in [-0.15, -0.1) is 0 Å². The summed E-state index contributed by atoms with van der Waals surface area (Å²) in [5.41, 5.74) is 0.0241. The predicted octanol–water partition coefficient (Wildman–Crippen LogP) is 4.10. The average Bonchev–Trinajstić information content (AvgIpc) is 2.79. The first-order valence-corrected chi connectivity index (χ1v) is 11.5. The Morgan fingerprint density at radius 1 is 1.09 bits per heavy atom. The van der Waals surface area contributed by atoms with Gasteiger partial charge in [0, 0.05) is 17.0 Å². The summed E-state index contributed by atoms with van der Waals surface area (Å²) in [4.78, 5) is 25.0. The van der Waals surface area contributed by atoms with Crippen LogP contribution in [0, 0.1) is 5.92 Å². The zero-order valence-corrected chi connectivity index (χ0v) is 19.4. The van der Waals surface area contributed by atoms with Crippen molar-refractivity contribution in [3.63, 3.8) is 0 Å². The average molecular weight is 476 g/mol. The van der Waals surface area contributed by atoms with E-state index in [-0.39, 0.29) is 18.8 Å². The monoisotopic (exact) mass is 475 g/mol. The van der Waals surface area contributed by atoms with Gasteiger partial charge in [0.05, 0.1) is 13.2 Å². The molecule has 1 aliphatic carbocycles. The van der Waals surface area contributed by atoms with E-state index in [2.05, 4.69) is 12.2 Å². The van der Waals surface area contributed by atoms with Crippen LogP contribution in [0.5, 0.6) is 11.5 Å². The molecule has 3 rings (SSSR count). The van der Waals surface area contributed by atoms with Gasteiger partial charge in [0.2, 0.25) is 0 Å². The number of hydrogen-bond donors (Lipinski definition) is 3. The maximum absolute atomic E-state index is 13.0. The van der Waals surface area contributed by atoms with Crippen LogP contribution in [0.15, 0.2) is 42.5 Å². The summed E-state index contributed by atoms with van der Waals surface area (Å²) in [5, 5.41) is 22.3. The third-order valence-electron chi connectivity index (χ3n) is 5.98. The number of halogens is 1. The molecule has 33 heavy (non-hydrogen) atoms. The van der Waals surface area contributed by atoms with E-state index in [0.29, 0.717) is 48.3 Å². The van der Waals surface area contributed by atoms with Crippen LogP contribution in [-0.2, 0) is 11.2 Å². The van der Waals surface area contributed by atoms with Gasteiger partial charge < -0.3 is 25.0 Å². The number of benzene rings is 2. The maximum atomic E-state index is 13.0. The number of aliphatic hydroxyl groups is 1. The molecule has 2 aromatic carbocycles. The van der Waals surface area contributed by atoms with E-state index in [9.17, 15) is 14.7 Å². The fourth-order valence-electron chi connectivity index (χ4n) is 3.95. The van der Waals surface area contributed by atoms with Crippen molar-refractivity contribution < 1.29 is 29.3 Å². The molecule has 0 radical (unpaired) electrons. The molecule has 0 saturated heterocycles. The number of carbonyl (C=O) groups is 2. The van der Waals surface area contributed by atoms with Crippen molar-refractivity contribution in [2.45, 2.75) is 44.6 Å². The van der Waals surface area contributed by atoms with Gasteiger partial charge in [-0.05, 0) is 67.5 Å². The van der Waals surface area contributed by atoms with Gasteiger partial charge in [0.15, 0.2) is 11.5 Å². The van der Waals surface area contributed by atoms with Crippen LogP contribution in [0.2, 0.25) is 5.02 Å². The van der Waals surface area contributed by atoms with Gasteiger partial charge in [-0.25, -0.2) is 4.79 Å². The normalized spacial score (nSPS) is 20.2. The second-order valence-corrected chi connectivity index (χ2v) is 8.92. The third kappa shape index (κ3) is 6.62. The van der Waals surface area contributed by atoms with Crippen LogP contribution in [0.25, 0.3) is 0 Å². The number of aliphatic carboxylic acids is 1. The molecule has 1 saturated carbocycles. The Labute approximate surface area is 198 Å². The first-order valence-electron chi connectivity index (χ1n) is 11.1. The van der Waals surface area contributed by atoms with Crippen LogP contribution in [-0.4, -0.2) is 47.4 Å². The van der Waals surface area contributed by atoms with Crippen molar-refractivity contribution in [3.8, 4) is 11.5 Å². The lowest BCUT2D eigenvalue weighted by Crippen LogP contribution is -2.56. The molecular formula is C25H30ClNO6. The summed E-state index contributed by atoms with van der Waals surface area (Å²) in [6, 6.07) is 12.2. The lowest BCUT2D eigenvalue weighted by Gasteiger charge is -2.36. The fraction of sp³-hybridized carbons (Fsp3) is 0.440. The van der Waals surface area contributed by atoms with E-state index in [1.165, 1.54) is 0 Å². The Balaban J connectivity index is 1.74. The quantitative estimate of drug-likeness (QED) is 0.478. The van der Waals surface area contributed by atoms with Crippen molar-refractivity contribution in [2.75, 3.05) is 19.8 Å². The number of carbonyl (C=O) groups excluding carboxylic acids is 1. The highest BCUT2D eigenvalue weighted by atomic mass is 35.5. The van der Waals surface area contributed by atoms with E-state index >= 15 is 0 Å². The number of ether oxygens (including phenoxy) is 2. The molecule has 0 spiro atoms. The molecule has 1 amide bonds. The van der Waals surface area contributed by atoms with Gasteiger partial charge in [0.1, 0.15) is 12.1 Å². The lowest BCUT2D eigenvalue weighted by atomic mass is 9.77. The van der Waals surface area contributed by atoms with E-state index in [0.717, 1.165) is 18.4 Å². The molecule has 0 atom stereocenters. The highest BCUT2D eigenvalue weighted by Gasteiger charge is 2.42. The summed E-state index contributed by atoms with van der Waals surface area (Å²) >= 11 is 6.03. The van der Waals surface area contributed by atoms with Crippen molar-refractivity contribution in [3.05, 3.63) is 58.6 Å². The zero-order chi connectivity index (χ0) is 23.8. The van der Waals surface area contributed by atoms with E-state index < -0.39 is 17.4 Å². The second kappa shape index (κ2) is 11.4. The molecule has 0 aliphatic heterocycles. The topological polar surface area (TPSA) is 105 Å². The number of nitrogens with one attached hydrogen (secondary N) is 1. The Kier molecular flexibility index (Phi) is 8.58. The molecule has 1 fully saturated rings. The molecule has 8 heteroatoms. The molecule has 1 aliphatic rings. The number of rotatable bonds is 10. The van der Waals surface area contributed by atoms with E-state index in [1.807, 2.05) is 18.2 Å². The lowest BCUT2D eigenvalue weighted by molar-refractivity contribution is -0.146. The molecule has 2 aromatic rings. The summed E-state index contributed by atoms with van der Waals surface area (Å²) in [5.74, 6) is -0.299. The van der Waals surface area contributed by atoms with Crippen molar-refractivity contribution >= 4 is 23.5 Å². The summed E-state index contributed by atoms with van der Waals surface area (Å²) in [7, 11) is 0. The van der Waals surface area contributed by atoms with Gasteiger partial charge in [0.25, 0.3) is 5.91 Å². The predicted molar refractivity (Wildman–Crippen MR) is 125 cm³/mol. The highest BCUT2D eigenvalue weighted by molar-refractivity contribution is 6.30. The standard InChI is InChI=1S/C25H30ClNO6/c1-17-7-10-25(11-8-17,24(30)31)27-23(29)19-5-6-21(33-14-12-28)22(16-19)32-13-9-18-3-2-4-20(26)15-18/h2-6,15-17,28H,7-14H2,1H3,(H,27,29)(H,30,31). The molecule has 178 valence electrons. The van der Waals surface area contributed by atoms with Crippen molar-refractivity contribution in [1.82, 2.24) is 5.32 Å². The number of amides is 1. The minimum absolute atomic E-state index is 0.0799. The number of carboxylic acids is 1. The smallest absolute Gasteiger partial charge is 0.329 e. The van der Waals surface area contributed by atoms with Crippen LogP contribution in [0.4, 0.5) is 0 Å². The Hall–Kier alpha value is -2.77. The molecule has 0 heterocycles. The van der Waals surface area contributed by atoms with Gasteiger partial charge in [-0.1, -0.05) is 30.7 Å². The molecule has 3 N–H and O–H groups in total. The number of aliphatic hydroxyl groups excluding tert-OH is 1. The second-order valence-electron chi connectivity index (χ2n) is 8.49. The number of hydrogen-bond acceptors (Lipinski definition) is 5. The minimum atomic E-state index is -1.26.